The van der Waals surface area contributed by atoms with E-state index in [1.54, 1.807) is 14.2 Å². The summed E-state index contributed by atoms with van der Waals surface area (Å²) in [6.07, 6.45) is 4.60. The van der Waals surface area contributed by atoms with E-state index < -0.39 is 0 Å². The Bertz CT molecular complexity index is 589. The molecular weight excluding hydrogens is 380 g/mol. The normalized spacial score (nSPS) is 15.9. The summed E-state index contributed by atoms with van der Waals surface area (Å²) in [7, 11) is 3.40. The fourth-order valence-corrected chi connectivity index (χ4v) is 3.61. The van der Waals surface area contributed by atoms with Gasteiger partial charge in [-0.05, 0) is 63.4 Å². The SMILES string of the molecule is CCNC(=NCC(c1ccc(OC)cc1)N1CCCC1)NCCCCOCCOC. The van der Waals surface area contributed by atoms with Gasteiger partial charge in [0.05, 0.1) is 32.9 Å². The number of benzene rings is 1. The predicted molar refractivity (Wildman–Crippen MR) is 122 cm³/mol. The number of aliphatic imine (C=N–C) groups is 1. The zero-order chi connectivity index (χ0) is 21.4. The van der Waals surface area contributed by atoms with Gasteiger partial charge in [0, 0.05) is 26.8 Å². The lowest BCUT2D eigenvalue weighted by Gasteiger charge is -2.27. The number of hydrogen-bond acceptors (Lipinski definition) is 5. The van der Waals surface area contributed by atoms with Crippen LogP contribution in [0.5, 0.6) is 5.75 Å². The zero-order valence-electron chi connectivity index (χ0n) is 19.0. The Kier molecular flexibility index (Phi) is 12.3. The molecule has 0 saturated carbocycles. The van der Waals surface area contributed by atoms with Crippen LogP contribution in [0.2, 0.25) is 0 Å². The maximum absolute atomic E-state index is 5.52. The van der Waals surface area contributed by atoms with Crippen LogP contribution in [-0.4, -0.2) is 77.6 Å². The summed E-state index contributed by atoms with van der Waals surface area (Å²) in [5, 5.41) is 6.83. The third-order valence-electron chi connectivity index (χ3n) is 5.29. The van der Waals surface area contributed by atoms with Gasteiger partial charge in [0.2, 0.25) is 0 Å². The first-order chi connectivity index (χ1) is 14.8. The lowest BCUT2D eigenvalue weighted by atomic mass is 10.1. The minimum Gasteiger partial charge on any atom is -0.497 e. The monoisotopic (exact) mass is 420 g/mol. The van der Waals surface area contributed by atoms with Crippen molar-refractivity contribution in [1.82, 2.24) is 15.5 Å². The van der Waals surface area contributed by atoms with Crippen LogP contribution in [0.15, 0.2) is 29.3 Å². The minimum atomic E-state index is 0.294. The first kappa shape index (κ1) is 24.4. The fourth-order valence-electron chi connectivity index (χ4n) is 3.61. The van der Waals surface area contributed by atoms with Crippen LogP contribution < -0.4 is 15.4 Å². The molecule has 2 rings (SSSR count). The van der Waals surface area contributed by atoms with Crippen molar-refractivity contribution >= 4 is 5.96 Å². The molecule has 1 atom stereocenters. The van der Waals surface area contributed by atoms with Gasteiger partial charge in [-0.1, -0.05) is 12.1 Å². The zero-order valence-corrected chi connectivity index (χ0v) is 19.0. The Hall–Kier alpha value is -1.83. The second-order valence-electron chi connectivity index (χ2n) is 7.49. The summed E-state index contributed by atoms with van der Waals surface area (Å²) in [4.78, 5) is 7.46. The Labute approximate surface area is 182 Å². The maximum atomic E-state index is 5.52. The lowest BCUT2D eigenvalue weighted by Crippen LogP contribution is -2.39. The molecule has 7 heteroatoms. The average molecular weight is 421 g/mol. The Morgan fingerprint density at radius 2 is 1.80 bits per heavy atom. The molecule has 0 amide bonds. The highest BCUT2D eigenvalue weighted by molar-refractivity contribution is 5.79. The smallest absolute Gasteiger partial charge is 0.191 e. The van der Waals surface area contributed by atoms with Gasteiger partial charge < -0.3 is 24.8 Å². The van der Waals surface area contributed by atoms with Crippen molar-refractivity contribution in [1.29, 1.82) is 0 Å². The number of likely N-dealkylation sites (tertiary alicyclic amines) is 1. The highest BCUT2D eigenvalue weighted by Crippen LogP contribution is 2.27. The number of nitrogens with one attached hydrogen (secondary N) is 2. The van der Waals surface area contributed by atoms with Crippen molar-refractivity contribution in [2.75, 3.05) is 66.8 Å². The van der Waals surface area contributed by atoms with E-state index in [1.165, 1.54) is 18.4 Å². The van der Waals surface area contributed by atoms with E-state index in [4.69, 9.17) is 19.2 Å². The average Bonchev–Trinajstić information content (AvgIpc) is 3.30. The van der Waals surface area contributed by atoms with E-state index in [9.17, 15) is 0 Å². The first-order valence-electron chi connectivity index (χ1n) is 11.2. The van der Waals surface area contributed by atoms with Crippen molar-refractivity contribution in [2.24, 2.45) is 4.99 Å². The fraction of sp³-hybridized carbons (Fsp3) is 0.696. The van der Waals surface area contributed by atoms with E-state index in [0.29, 0.717) is 19.3 Å². The maximum Gasteiger partial charge on any atom is 0.191 e. The van der Waals surface area contributed by atoms with Crippen LogP contribution >= 0.6 is 0 Å². The molecule has 7 nitrogen and oxygen atoms in total. The second-order valence-corrected chi connectivity index (χ2v) is 7.49. The molecule has 0 aromatic heterocycles. The van der Waals surface area contributed by atoms with Gasteiger partial charge in [0.1, 0.15) is 5.75 Å². The molecule has 1 fully saturated rings. The number of guanidine groups is 1. The van der Waals surface area contributed by atoms with E-state index in [2.05, 4.69) is 34.6 Å². The molecule has 2 N–H and O–H groups in total. The number of ether oxygens (including phenoxy) is 3. The molecule has 1 aliphatic heterocycles. The molecule has 0 aliphatic carbocycles. The van der Waals surface area contributed by atoms with E-state index >= 15 is 0 Å². The highest BCUT2D eigenvalue weighted by atomic mass is 16.5. The summed E-state index contributed by atoms with van der Waals surface area (Å²) >= 11 is 0. The summed E-state index contributed by atoms with van der Waals surface area (Å²) in [5.41, 5.74) is 1.30. The first-order valence-corrected chi connectivity index (χ1v) is 11.2. The second kappa shape index (κ2) is 15.0. The number of rotatable bonds is 14. The van der Waals surface area contributed by atoms with Crippen molar-refractivity contribution in [2.45, 2.75) is 38.6 Å². The summed E-state index contributed by atoms with van der Waals surface area (Å²) in [6, 6.07) is 8.71. The van der Waals surface area contributed by atoms with Crippen LogP contribution in [0.25, 0.3) is 0 Å². The molecule has 1 aromatic rings. The number of nitrogens with zero attached hydrogens (tertiary/aromatic N) is 2. The standard InChI is InChI=1S/C23H40N4O3/c1-4-24-23(25-13-5-8-16-30-18-17-28-2)26-19-22(27-14-6-7-15-27)20-9-11-21(29-3)12-10-20/h9-12,22H,4-8,13-19H2,1-3H3,(H2,24,25,26). The number of methoxy groups -OCH3 is 2. The molecule has 1 aliphatic rings. The van der Waals surface area contributed by atoms with Gasteiger partial charge in [-0.15, -0.1) is 0 Å². The van der Waals surface area contributed by atoms with Gasteiger partial charge in [-0.25, -0.2) is 0 Å². The van der Waals surface area contributed by atoms with Crippen LogP contribution in [0.4, 0.5) is 0 Å². The molecule has 30 heavy (non-hydrogen) atoms. The summed E-state index contributed by atoms with van der Waals surface area (Å²) in [6.45, 7) is 8.94. The molecule has 170 valence electrons. The van der Waals surface area contributed by atoms with E-state index in [1.807, 2.05) is 12.1 Å². The van der Waals surface area contributed by atoms with Crippen LogP contribution in [0.3, 0.4) is 0 Å². The van der Waals surface area contributed by atoms with Gasteiger partial charge in [-0.2, -0.15) is 0 Å². The van der Waals surface area contributed by atoms with Crippen LogP contribution in [-0.2, 0) is 9.47 Å². The van der Waals surface area contributed by atoms with Gasteiger partial charge in [0.15, 0.2) is 5.96 Å². The van der Waals surface area contributed by atoms with E-state index in [-0.39, 0.29) is 0 Å². The van der Waals surface area contributed by atoms with Crippen LogP contribution in [0.1, 0.15) is 44.2 Å². The molecule has 1 saturated heterocycles. The molecule has 0 bridgehead atoms. The van der Waals surface area contributed by atoms with Crippen molar-refractivity contribution < 1.29 is 14.2 Å². The number of hydrogen-bond donors (Lipinski definition) is 2. The molecular formula is C23H40N4O3. The van der Waals surface area contributed by atoms with Gasteiger partial charge >= 0.3 is 0 Å². The predicted octanol–water partition coefficient (Wildman–Crippen LogP) is 2.83. The van der Waals surface area contributed by atoms with Gasteiger partial charge in [-0.3, -0.25) is 9.89 Å². The van der Waals surface area contributed by atoms with Gasteiger partial charge in [0.25, 0.3) is 0 Å². The lowest BCUT2D eigenvalue weighted by molar-refractivity contribution is 0.0689. The Morgan fingerprint density at radius 1 is 1.03 bits per heavy atom. The third-order valence-corrected chi connectivity index (χ3v) is 5.29. The van der Waals surface area contributed by atoms with Crippen LogP contribution in [0, 0.1) is 0 Å². The molecule has 1 heterocycles. The minimum absolute atomic E-state index is 0.294. The summed E-state index contributed by atoms with van der Waals surface area (Å²) < 4.78 is 15.8. The highest BCUT2D eigenvalue weighted by Gasteiger charge is 2.23. The third kappa shape index (κ3) is 8.90. The van der Waals surface area contributed by atoms with E-state index in [0.717, 1.165) is 63.9 Å². The summed E-state index contributed by atoms with van der Waals surface area (Å²) in [5.74, 6) is 1.78. The Balaban J connectivity index is 1.87. The molecule has 1 aromatic carbocycles. The molecule has 0 radical (unpaired) electrons. The van der Waals surface area contributed by atoms with Crippen molar-refractivity contribution in [3.8, 4) is 5.75 Å². The topological polar surface area (TPSA) is 67.4 Å². The van der Waals surface area contributed by atoms with Crippen molar-refractivity contribution in [3.05, 3.63) is 29.8 Å². The van der Waals surface area contributed by atoms with Crippen molar-refractivity contribution in [3.63, 3.8) is 0 Å². The largest absolute Gasteiger partial charge is 0.497 e. The molecule has 0 spiro atoms. The Morgan fingerprint density at radius 3 is 2.47 bits per heavy atom. The number of unbranched alkanes of at least 4 members (excludes halogenated alkanes) is 1. The quantitative estimate of drug-likeness (QED) is 0.274. The molecule has 1 unspecified atom stereocenters.